The molecule has 0 N–H and O–H groups in total. The number of carbonyl (C=O) groups is 1. The quantitative estimate of drug-likeness (QED) is 0.441. The van der Waals surface area contributed by atoms with Crippen molar-refractivity contribution in [2.45, 2.75) is 45.7 Å². The summed E-state index contributed by atoms with van der Waals surface area (Å²) in [5.74, 6) is 0.157. The van der Waals surface area contributed by atoms with Crippen molar-refractivity contribution < 1.29 is 19.0 Å². The molecule has 0 aromatic heterocycles. The SMILES string of the molecule is C=C(OC(=O)OCC)C1=CC(C)(C)[N+](=O)C1(C)C. The lowest BCUT2D eigenvalue weighted by Crippen LogP contribution is -2.41. The van der Waals surface area contributed by atoms with Gasteiger partial charge in [0, 0.05) is 43.4 Å². The van der Waals surface area contributed by atoms with Crippen LogP contribution < -0.4 is 0 Å². The van der Waals surface area contributed by atoms with Crippen LogP contribution in [0.15, 0.2) is 24.0 Å². The number of ether oxygens (including phenoxy) is 2. The van der Waals surface area contributed by atoms with Gasteiger partial charge in [-0.15, -0.1) is 0 Å². The van der Waals surface area contributed by atoms with E-state index in [4.69, 9.17) is 4.74 Å². The molecule has 100 valence electrons. The Morgan fingerprint density at radius 2 is 1.94 bits per heavy atom. The van der Waals surface area contributed by atoms with Gasteiger partial charge in [-0.05, 0) is 6.92 Å². The van der Waals surface area contributed by atoms with Gasteiger partial charge in [0.05, 0.1) is 12.2 Å². The Kier molecular flexibility index (Phi) is 3.64. The number of nitrogens with zero attached hydrogens (tertiary/aromatic N) is 1. The number of nitroso groups, excluding NO2 is 1. The molecule has 0 saturated carbocycles. The van der Waals surface area contributed by atoms with E-state index in [1.54, 1.807) is 40.7 Å². The maximum Gasteiger partial charge on any atom is 0.513 e. The van der Waals surface area contributed by atoms with E-state index < -0.39 is 17.2 Å². The molecule has 0 saturated heterocycles. The summed E-state index contributed by atoms with van der Waals surface area (Å²) in [4.78, 5) is 23.4. The van der Waals surface area contributed by atoms with Crippen LogP contribution in [0.1, 0.15) is 34.6 Å². The molecule has 0 fully saturated rings. The van der Waals surface area contributed by atoms with E-state index in [-0.39, 0.29) is 12.4 Å². The van der Waals surface area contributed by atoms with Crippen molar-refractivity contribution in [1.29, 1.82) is 0 Å². The fourth-order valence-corrected chi connectivity index (χ4v) is 2.14. The molecule has 0 radical (unpaired) electrons. The van der Waals surface area contributed by atoms with E-state index in [9.17, 15) is 9.70 Å². The number of carbonyl (C=O) groups excluding carboxylic acids is 1. The molecule has 1 aliphatic rings. The van der Waals surface area contributed by atoms with Gasteiger partial charge in [-0.25, -0.2) is 4.79 Å². The van der Waals surface area contributed by atoms with Crippen LogP contribution in [0.25, 0.3) is 0 Å². The van der Waals surface area contributed by atoms with Crippen molar-refractivity contribution >= 4 is 6.16 Å². The summed E-state index contributed by atoms with van der Waals surface area (Å²) in [5, 5.41) is 0. The van der Waals surface area contributed by atoms with Crippen LogP contribution in [-0.2, 0) is 9.47 Å². The van der Waals surface area contributed by atoms with E-state index in [2.05, 4.69) is 11.3 Å². The molecule has 18 heavy (non-hydrogen) atoms. The largest absolute Gasteiger partial charge is 0.513 e. The van der Waals surface area contributed by atoms with Crippen LogP contribution in [0.5, 0.6) is 0 Å². The van der Waals surface area contributed by atoms with Gasteiger partial charge < -0.3 is 9.47 Å². The van der Waals surface area contributed by atoms with Crippen molar-refractivity contribution in [3.8, 4) is 0 Å². The second-order valence-electron chi connectivity index (χ2n) is 5.27. The van der Waals surface area contributed by atoms with Gasteiger partial charge >= 0.3 is 6.16 Å². The van der Waals surface area contributed by atoms with Crippen molar-refractivity contribution in [2.75, 3.05) is 6.61 Å². The molecule has 0 amide bonds. The Morgan fingerprint density at radius 3 is 2.33 bits per heavy atom. The topological polar surface area (TPSA) is 55.6 Å². The van der Waals surface area contributed by atoms with Gasteiger partial charge in [-0.1, -0.05) is 6.58 Å². The Hall–Kier alpha value is -1.65. The van der Waals surface area contributed by atoms with E-state index in [0.29, 0.717) is 5.57 Å². The monoisotopic (exact) mass is 254 g/mol. The molecule has 0 spiro atoms. The molecular weight excluding hydrogens is 234 g/mol. The van der Waals surface area contributed by atoms with Gasteiger partial charge in [0.25, 0.3) is 0 Å². The van der Waals surface area contributed by atoms with Crippen molar-refractivity contribution in [1.82, 2.24) is 0 Å². The lowest BCUT2D eigenvalue weighted by atomic mass is 9.95. The first kappa shape index (κ1) is 14.4. The molecule has 0 aromatic carbocycles. The predicted octanol–water partition coefficient (Wildman–Crippen LogP) is 2.95. The van der Waals surface area contributed by atoms with Crippen molar-refractivity contribution in [3.05, 3.63) is 28.9 Å². The minimum Gasteiger partial charge on any atom is -0.434 e. The van der Waals surface area contributed by atoms with Crippen LogP contribution in [0.4, 0.5) is 4.79 Å². The highest BCUT2D eigenvalue weighted by Gasteiger charge is 2.56. The fraction of sp³-hybridized carbons (Fsp3) is 0.615. The second-order valence-corrected chi connectivity index (χ2v) is 5.27. The normalized spacial score (nSPS) is 20.3. The van der Waals surface area contributed by atoms with Crippen LogP contribution >= 0.6 is 0 Å². The summed E-state index contributed by atoms with van der Waals surface area (Å²) in [6, 6.07) is 0. The van der Waals surface area contributed by atoms with Crippen LogP contribution in [0.3, 0.4) is 0 Å². The summed E-state index contributed by atoms with van der Waals surface area (Å²) >= 11 is 0. The van der Waals surface area contributed by atoms with Crippen LogP contribution in [0, 0.1) is 4.91 Å². The van der Waals surface area contributed by atoms with Crippen LogP contribution in [0.2, 0.25) is 0 Å². The van der Waals surface area contributed by atoms with E-state index in [0.717, 1.165) is 4.76 Å². The average molecular weight is 254 g/mol. The molecule has 1 heterocycles. The molecule has 0 bridgehead atoms. The zero-order chi connectivity index (χ0) is 14.1. The van der Waals surface area contributed by atoms with Crippen molar-refractivity contribution in [3.63, 3.8) is 0 Å². The van der Waals surface area contributed by atoms with Gasteiger partial charge in [0.1, 0.15) is 5.76 Å². The summed E-state index contributed by atoms with van der Waals surface area (Å²) in [6.45, 7) is 12.7. The maximum absolute atomic E-state index is 12.1. The maximum atomic E-state index is 12.1. The first-order chi connectivity index (χ1) is 8.13. The number of rotatable bonds is 3. The molecule has 1 aliphatic heterocycles. The Labute approximate surface area is 107 Å². The van der Waals surface area contributed by atoms with Crippen LogP contribution in [-0.4, -0.2) is 28.6 Å². The molecule has 0 unspecified atom stereocenters. The van der Waals surface area contributed by atoms with Gasteiger partial charge in [-0.2, -0.15) is 0 Å². The molecule has 5 nitrogen and oxygen atoms in total. The molecule has 1 rings (SSSR count). The summed E-state index contributed by atoms with van der Waals surface area (Å²) in [7, 11) is 0. The predicted molar refractivity (Wildman–Crippen MR) is 67.1 cm³/mol. The summed E-state index contributed by atoms with van der Waals surface area (Å²) < 4.78 is 10.6. The first-order valence-electron chi connectivity index (χ1n) is 5.87. The Balaban J connectivity index is 2.93. The number of hydrogen-bond donors (Lipinski definition) is 0. The Bertz CT molecular complexity index is 432. The van der Waals surface area contributed by atoms with E-state index in [1.165, 1.54) is 0 Å². The second kappa shape index (κ2) is 4.55. The molecule has 0 aliphatic carbocycles. The van der Waals surface area contributed by atoms with Gasteiger partial charge in [0.2, 0.25) is 11.1 Å². The molecule has 5 heteroatoms. The van der Waals surface area contributed by atoms with Gasteiger partial charge in [-0.3, -0.25) is 0 Å². The van der Waals surface area contributed by atoms with E-state index >= 15 is 0 Å². The first-order valence-corrected chi connectivity index (χ1v) is 5.87. The zero-order valence-corrected chi connectivity index (χ0v) is 11.6. The smallest absolute Gasteiger partial charge is 0.434 e. The van der Waals surface area contributed by atoms with Gasteiger partial charge in [0.15, 0.2) is 0 Å². The lowest BCUT2D eigenvalue weighted by Gasteiger charge is -2.17. The third kappa shape index (κ3) is 2.44. The third-order valence-corrected chi connectivity index (χ3v) is 2.96. The standard InChI is InChI=1S/C13H20NO4/c1-7-17-11(15)18-9(2)10-8-12(3,4)14(16)13(10,5)6/h8H,2,7H2,1,3-6H3/q+1. The highest BCUT2D eigenvalue weighted by atomic mass is 16.7. The minimum absolute atomic E-state index is 0.157. The van der Waals surface area contributed by atoms with Crippen molar-refractivity contribution in [2.24, 2.45) is 0 Å². The zero-order valence-electron chi connectivity index (χ0n) is 11.6. The number of hydrogen-bond acceptors (Lipinski definition) is 4. The molecule has 0 aromatic rings. The average Bonchev–Trinajstić information content (AvgIpc) is 2.39. The molecular formula is C13H20NO4+. The fourth-order valence-electron chi connectivity index (χ4n) is 2.14. The highest BCUT2D eigenvalue weighted by molar-refractivity contribution is 5.62. The molecule has 0 atom stereocenters. The Morgan fingerprint density at radius 1 is 1.39 bits per heavy atom. The lowest BCUT2D eigenvalue weighted by molar-refractivity contribution is -0.651. The summed E-state index contributed by atoms with van der Waals surface area (Å²) in [5.41, 5.74) is -0.831. The summed E-state index contributed by atoms with van der Waals surface area (Å²) in [6.07, 6.45) is 0.961. The highest BCUT2D eigenvalue weighted by Crippen LogP contribution is 2.39. The minimum atomic E-state index is -0.804. The third-order valence-electron chi connectivity index (χ3n) is 2.96. The van der Waals surface area contributed by atoms with E-state index in [1.807, 2.05) is 0 Å².